The minimum absolute atomic E-state index is 0.123. The fourth-order valence-electron chi connectivity index (χ4n) is 2.46. The summed E-state index contributed by atoms with van der Waals surface area (Å²) in [4.78, 5) is 0. The average molecular weight is 344 g/mol. The highest BCUT2D eigenvalue weighted by Crippen LogP contribution is 2.30. The number of hydrogen-bond acceptors (Lipinski definition) is 1. The van der Waals surface area contributed by atoms with Gasteiger partial charge in [0.25, 0.3) is 0 Å². The molecule has 1 aromatic carbocycles. The molecule has 0 saturated carbocycles. The van der Waals surface area contributed by atoms with Gasteiger partial charge in [-0.2, -0.15) is 0 Å². The number of halogens is 2. The zero-order valence-electron chi connectivity index (χ0n) is 13.3. The Hall–Kier alpha value is -0.410. The molecule has 0 saturated heterocycles. The van der Waals surface area contributed by atoms with Gasteiger partial charge in [0.05, 0.1) is 4.47 Å². The molecular formula is C17H27BrFN. The van der Waals surface area contributed by atoms with Gasteiger partial charge < -0.3 is 5.32 Å². The van der Waals surface area contributed by atoms with Gasteiger partial charge in [-0.3, -0.25) is 0 Å². The largest absolute Gasteiger partial charge is 0.312 e. The Balaban J connectivity index is 2.81. The maximum atomic E-state index is 13.3. The van der Waals surface area contributed by atoms with Gasteiger partial charge in [0.15, 0.2) is 0 Å². The van der Waals surface area contributed by atoms with Gasteiger partial charge in [0, 0.05) is 12.1 Å². The van der Waals surface area contributed by atoms with Crippen LogP contribution in [0, 0.1) is 11.2 Å². The summed E-state index contributed by atoms with van der Waals surface area (Å²) in [7, 11) is 0. The van der Waals surface area contributed by atoms with Crippen LogP contribution >= 0.6 is 15.9 Å². The molecule has 0 bridgehead atoms. The van der Waals surface area contributed by atoms with Crippen molar-refractivity contribution in [2.75, 3.05) is 6.54 Å². The summed E-state index contributed by atoms with van der Waals surface area (Å²) in [6.07, 6.45) is 3.28. The molecule has 1 unspecified atom stereocenters. The van der Waals surface area contributed by atoms with Crippen molar-refractivity contribution in [2.24, 2.45) is 5.41 Å². The van der Waals surface area contributed by atoms with Crippen LogP contribution in [0.1, 0.15) is 53.0 Å². The SMILES string of the molecule is CCCC(C)(CNC(C)(C)C)Cc1ccc(F)c(Br)c1. The lowest BCUT2D eigenvalue weighted by molar-refractivity contribution is 0.243. The molecule has 1 aromatic rings. The second kappa shape index (κ2) is 7.04. The summed E-state index contributed by atoms with van der Waals surface area (Å²) >= 11 is 3.27. The minimum Gasteiger partial charge on any atom is -0.312 e. The van der Waals surface area contributed by atoms with Gasteiger partial charge >= 0.3 is 0 Å². The van der Waals surface area contributed by atoms with Crippen LogP contribution in [0.5, 0.6) is 0 Å². The molecule has 0 aliphatic rings. The van der Waals surface area contributed by atoms with Gasteiger partial charge in [0.1, 0.15) is 5.82 Å². The highest BCUT2D eigenvalue weighted by Gasteiger charge is 2.26. The molecule has 20 heavy (non-hydrogen) atoms. The van der Waals surface area contributed by atoms with Crippen LogP contribution in [-0.4, -0.2) is 12.1 Å². The van der Waals surface area contributed by atoms with E-state index in [2.05, 4.69) is 55.9 Å². The van der Waals surface area contributed by atoms with Gasteiger partial charge in [-0.15, -0.1) is 0 Å². The van der Waals surface area contributed by atoms with Crippen LogP contribution in [0.3, 0.4) is 0 Å². The van der Waals surface area contributed by atoms with Crippen molar-refractivity contribution in [3.8, 4) is 0 Å². The molecule has 0 aromatic heterocycles. The van der Waals surface area contributed by atoms with E-state index in [0.29, 0.717) is 4.47 Å². The van der Waals surface area contributed by atoms with E-state index in [9.17, 15) is 4.39 Å². The molecule has 1 atom stereocenters. The molecule has 0 spiro atoms. The number of rotatable bonds is 6. The molecule has 0 aliphatic carbocycles. The van der Waals surface area contributed by atoms with Crippen LogP contribution in [0.25, 0.3) is 0 Å². The van der Waals surface area contributed by atoms with Crippen molar-refractivity contribution >= 4 is 15.9 Å². The standard InChI is InChI=1S/C17H27BrFN/c1-6-9-17(5,12-20-16(2,3)4)11-13-7-8-15(19)14(18)10-13/h7-8,10,20H,6,9,11-12H2,1-5H3. The second-order valence-corrected chi connectivity index (χ2v) is 7.94. The summed E-state index contributed by atoms with van der Waals surface area (Å²) in [6, 6.07) is 5.34. The van der Waals surface area contributed by atoms with Crippen LogP contribution in [0.4, 0.5) is 4.39 Å². The third-order valence-electron chi connectivity index (χ3n) is 3.51. The van der Waals surface area contributed by atoms with Crippen LogP contribution in [0.2, 0.25) is 0 Å². The molecule has 0 heterocycles. The van der Waals surface area contributed by atoms with Crippen molar-refractivity contribution in [1.29, 1.82) is 0 Å². The summed E-state index contributed by atoms with van der Waals surface area (Å²) in [5.41, 5.74) is 1.50. The molecule has 3 heteroatoms. The van der Waals surface area contributed by atoms with E-state index in [4.69, 9.17) is 0 Å². The summed E-state index contributed by atoms with van der Waals surface area (Å²) < 4.78 is 13.9. The number of nitrogens with one attached hydrogen (secondary N) is 1. The van der Waals surface area contributed by atoms with Gasteiger partial charge in [-0.05, 0) is 72.7 Å². The molecule has 1 nitrogen and oxygen atoms in total. The molecule has 1 rings (SSSR count). The summed E-state index contributed by atoms with van der Waals surface area (Å²) in [6.45, 7) is 12.1. The maximum Gasteiger partial charge on any atom is 0.137 e. The monoisotopic (exact) mass is 343 g/mol. The molecule has 0 fully saturated rings. The van der Waals surface area contributed by atoms with Crippen LogP contribution in [0.15, 0.2) is 22.7 Å². The molecule has 1 N–H and O–H groups in total. The Kier molecular flexibility index (Phi) is 6.21. The zero-order chi connectivity index (χ0) is 15.4. The highest BCUT2D eigenvalue weighted by molar-refractivity contribution is 9.10. The second-order valence-electron chi connectivity index (χ2n) is 7.09. The van der Waals surface area contributed by atoms with Crippen LogP contribution < -0.4 is 5.32 Å². The molecule has 0 amide bonds. The Morgan fingerprint density at radius 3 is 2.35 bits per heavy atom. The Labute approximate surface area is 131 Å². The van der Waals surface area contributed by atoms with Crippen LogP contribution in [-0.2, 0) is 6.42 Å². The fraction of sp³-hybridized carbons (Fsp3) is 0.647. The normalized spacial score (nSPS) is 15.2. The first-order valence-corrected chi connectivity index (χ1v) is 8.13. The van der Waals surface area contributed by atoms with Gasteiger partial charge in [0.2, 0.25) is 0 Å². The molecule has 0 aliphatic heterocycles. The fourth-order valence-corrected chi connectivity index (χ4v) is 2.89. The first kappa shape index (κ1) is 17.6. The van der Waals surface area contributed by atoms with Crippen molar-refractivity contribution in [3.05, 3.63) is 34.1 Å². The van der Waals surface area contributed by atoms with Gasteiger partial charge in [-0.1, -0.05) is 26.3 Å². The number of benzene rings is 1. The van der Waals surface area contributed by atoms with E-state index in [-0.39, 0.29) is 16.8 Å². The maximum absolute atomic E-state index is 13.3. The smallest absolute Gasteiger partial charge is 0.137 e. The van der Waals surface area contributed by atoms with Gasteiger partial charge in [-0.25, -0.2) is 4.39 Å². The zero-order valence-corrected chi connectivity index (χ0v) is 14.9. The van der Waals surface area contributed by atoms with Crippen molar-refractivity contribution in [2.45, 2.75) is 59.4 Å². The molecule has 114 valence electrons. The lowest BCUT2D eigenvalue weighted by Gasteiger charge is -2.34. The lowest BCUT2D eigenvalue weighted by Crippen LogP contribution is -2.43. The summed E-state index contributed by atoms with van der Waals surface area (Å²) in [5, 5.41) is 3.61. The third-order valence-corrected chi connectivity index (χ3v) is 4.12. The topological polar surface area (TPSA) is 12.0 Å². The highest BCUT2D eigenvalue weighted by atomic mass is 79.9. The van der Waals surface area contributed by atoms with E-state index in [0.717, 1.165) is 25.8 Å². The summed E-state index contributed by atoms with van der Waals surface area (Å²) in [5.74, 6) is -0.196. The minimum atomic E-state index is -0.196. The third kappa shape index (κ3) is 5.92. The van der Waals surface area contributed by atoms with Crippen molar-refractivity contribution in [3.63, 3.8) is 0 Å². The van der Waals surface area contributed by atoms with E-state index in [1.807, 2.05) is 12.1 Å². The Morgan fingerprint density at radius 2 is 1.85 bits per heavy atom. The molecular weight excluding hydrogens is 317 g/mol. The molecule has 0 radical (unpaired) electrons. The predicted molar refractivity (Wildman–Crippen MR) is 88.6 cm³/mol. The van der Waals surface area contributed by atoms with E-state index >= 15 is 0 Å². The van der Waals surface area contributed by atoms with E-state index in [1.165, 1.54) is 5.56 Å². The first-order valence-electron chi connectivity index (χ1n) is 7.34. The lowest BCUT2D eigenvalue weighted by atomic mass is 9.79. The Morgan fingerprint density at radius 1 is 1.20 bits per heavy atom. The van der Waals surface area contributed by atoms with Crippen molar-refractivity contribution in [1.82, 2.24) is 5.32 Å². The quantitative estimate of drug-likeness (QED) is 0.736. The van der Waals surface area contributed by atoms with Crippen molar-refractivity contribution < 1.29 is 4.39 Å². The number of hydrogen-bond donors (Lipinski definition) is 1. The Bertz CT molecular complexity index is 439. The van der Waals surface area contributed by atoms with E-state index < -0.39 is 0 Å². The van der Waals surface area contributed by atoms with E-state index in [1.54, 1.807) is 6.07 Å². The average Bonchev–Trinajstić information content (AvgIpc) is 2.31. The first-order chi connectivity index (χ1) is 9.15. The predicted octanol–water partition coefficient (Wildman–Crippen LogP) is 5.33.